The smallest absolute Gasteiger partial charge is 0.338 e. The number of benzene rings is 2. The highest BCUT2D eigenvalue weighted by atomic mass is 16.6. The Balaban J connectivity index is 1.96. The van der Waals surface area contributed by atoms with Crippen LogP contribution in [0, 0.1) is 5.92 Å². The number of carbonyl (C=O) groups excluding carboxylic acids is 1. The first-order chi connectivity index (χ1) is 13.7. The molecule has 1 aliphatic rings. The highest BCUT2D eigenvalue weighted by Gasteiger charge is 2.47. The van der Waals surface area contributed by atoms with Crippen molar-refractivity contribution < 1.29 is 19.4 Å². The van der Waals surface area contributed by atoms with E-state index in [1.165, 1.54) is 39.2 Å². The zero-order valence-electron chi connectivity index (χ0n) is 16.5. The van der Waals surface area contributed by atoms with Crippen molar-refractivity contribution in [1.29, 1.82) is 0 Å². The number of hydrogen-bond acceptors (Lipinski definition) is 4. The lowest BCUT2D eigenvalue weighted by Crippen LogP contribution is -2.48. The summed E-state index contributed by atoms with van der Waals surface area (Å²) in [6.07, 6.45) is 5.79. The molecule has 2 aromatic rings. The van der Waals surface area contributed by atoms with Crippen molar-refractivity contribution in [3.8, 4) is 0 Å². The van der Waals surface area contributed by atoms with Gasteiger partial charge in [0.2, 0.25) is 0 Å². The number of rotatable bonds is 8. The number of esters is 1. The van der Waals surface area contributed by atoms with Gasteiger partial charge in [-0.05, 0) is 23.5 Å². The Morgan fingerprint density at radius 3 is 2.04 bits per heavy atom. The molecule has 1 aliphatic carbocycles. The van der Waals surface area contributed by atoms with E-state index < -0.39 is 17.7 Å². The van der Waals surface area contributed by atoms with Crippen LogP contribution in [0.15, 0.2) is 60.7 Å². The minimum atomic E-state index is -1.46. The molecule has 28 heavy (non-hydrogen) atoms. The fourth-order valence-electron chi connectivity index (χ4n) is 4.24. The Morgan fingerprint density at radius 2 is 1.54 bits per heavy atom. The van der Waals surface area contributed by atoms with E-state index in [9.17, 15) is 9.90 Å². The van der Waals surface area contributed by atoms with E-state index in [0.29, 0.717) is 12.5 Å². The van der Waals surface area contributed by atoms with Gasteiger partial charge < -0.3 is 14.6 Å². The highest BCUT2D eigenvalue weighted by Crippen LogP contribution is 2.38. The molecule has 150 valence electrons. The van der Waals surface area contributed by atoms with Crippen LogP contribution in [0.3, 0.4) is 0 Å². The van der Waals surface area contributed by atoms with Crippen LogP contribution in [0.25, 0.3) is 0 Å². The van der Waals surface area contributed by atoms with E-state index >= 15 is 0 Å². The minimum absolute atomic E-state index is 0.475. The normalized spacial score (nSPS) is 16.5. The number of hydrogen-bond donors (Lipinski definition) is 1. The van der Waals surface area contributed by atoms with Crippen molar-refractivity contribution >= 4 is 5.97 Å². The maximum Gasteiger partial charge on any atom is 0.338 e. The molecule has 4 heteroatoms. The molecular weight excluding hydrogens is 352 g/mol. The molecule has 0 bridgehead atoms. The Hall–Kier alpha value is -2.17. The maximum absolute atomic E-state index is 12.4. The summed E-state index contributed by atoms with van der Waals surface area (Å²) in [4.78, 5) is 12.4. The number of aliphatic hydroxyl groups is 1. The topological polar surface area (TPSA) is 55.8 Å². The second-order valence-electron chi connectivity index (χ2n) is 7.53. The molecular formula is C24H30O4. The van der Waals surface area contributed by atoms with Gasteiger partial charge in [0.1, 0.15) is 0 Å². The zero-order chi connectivity index (χ0) is 19.8. The zero-order valence-corrected chi connectivity index (χ0v) is 16.5. The van der Waals surface area contributed by atoms with Gasteiger partial charge in [0.15, 0.2) is 11.7 Å². The highest BCUT2D eigenvalue weighted by molar-refractivity contribution is 5.77. The van der Waals surface area contributed by atoms with Crippen LogP contribution in [0.5, 0.6) is 0 Å². The molecule has 0 aliphatic heterocycles. The number of methoxy groups -OCH3 is 1. The average molecular weight is 382 g/mol. The first kappa shape index (κ1) is 20.6. The van der Waals surface area contributed by atoms with Crippen LogP contribution >= 0.6 is 0 Å². The molecule has 3 rings (SSSR count). The van der Waals surface area contributed by atoms with Crippen molar-refractivity contribution in [2.75, 3.05) is 13.7 Å². The summed E-state index contributed by atoms with van der Waals surface area (Å²) in [5.41, 5.74) is 0.176. The molecule has 0 aromatic heterocycles. The van der Waals surface area contributed by atoms with Gasteiger partial charge in [-0.25, -0.2) is 4.79 Å². The molecule has 4 nitrogen and oxygen atoms in total. The molecule has 0 heterocycles. The van der Waals surface area contributed by atoms with Crippen LogP contribution in [-0.2, 0) is 19.9 Å². The SMILES string of the molecule is COC(=O)[C@H](O)C(OCCC1CCCCC1)(c1ccccc1)c1ccccc1. The van der Waals surface area contributed by atoms with Gasteiger partial charge in [0.05, 0.1) is 7.11 Å². The lowest BCUT2D eigenvalue weighted by Gasteiger charge is -2.38. The predicted molar refractivity (Wildman–Crippen MR) is 109 cm³/mol. The van der Waals surface area contributed by atoms with Crippen LogP contribution < -0.4 is 0 Å². The van der Waals surface area contributed by atoms with Gasteiger partial charge in [-0.1, -0.05) is 92.8 Å². The summed E-state index contributed by atoms with van der Waals surface area (Å²) in [5.74, 6) is -0.0568. The second-order valence-corrected chi connectivity index (χ2v) is 7.53. The minimum Gasteiger partial charge on any atom is -0.467 e. The third-order valence-electron chi connectivity index (χ3n) is 5.80. The summed E-state index contributed by atoms with van der Waals surface area (Å²) in [5, 5.41) is 11.1. The van der Waals surface area contributed by atoms with E-state index in [-0.39, 0.29) is 0 Å². The summed E-state index contributed by atoms with van der Waals surface area (Å²) in [6, 6.07) is 18.9. The second kappa shape index (κ2) is 9.85. The molecule has 0 spiro atoms. The average Bonchev–Trinajstić information content (AvgIpc) is 2.78. The molecule has 2 aromatic carbocycles. The Bertz CT molecular complexity index is 683. The molecule has 1 atom stereocenters. The first-order valence-electron chi connectivity index (χ1n) is 10.2. The Kier molecular flexibility index (Phi) is 7.24. The van der Waals surface area contributed by atoms with E-state index in [4.69, 9.17) is 9.47 Å². The van der Waals surface area contributed by atoms with Crippen LogP contribution in [0.1, 0.15) is 49.7 Å². The first-order valence-corrected chi connectivity index (χ1v) is 10.2. The van der Waals surface area contributed by atoms with E-state index in [1.54, 1.807) is 0 Å². The fraction of sp³-hybridized carbons (Fsp3) is 0.458. The fourth-order valence-corrected chi connectivity index (χ4v) is 4.24. The van der Waals surface area contributed by atoms with Crippen LogP contribution in [0.4, 0.5) is 0 Å². The van der Waals surface area contributed by atoms with Gasteiger partial charge in [0.25, 0.3) is 0 Å². The van der Waals surface area contributed by atoms with Crippen LogP contribution in [0.2, 0.25) is 0 Å². The standard InChI is InChI=1S/C24H30O4/c1-27-23(26)22(25)24(20-13-7-3-8-14-20,21-15-9-4-10-16-21)28-18-17-19-11-5-2-6-12-19/h3-4,7-10,13-16,19,22,25H,2,5-6,11-12,17-18H2,1H3/t22-/m0/s1. The maximum atomic E-state index is 12.4. The lowest BCUT2D eigenvalue weighted by atomic mass is 9.81. The lowest BCUT2D eigenvalue weighted by molar-refractivity contribution is -0.171. The third kappa shape index (κ3) is 4.45. The van der Waals surface area contributed by atoms with Crippen LogP contribution in [-0.4, -0.2) is 30.9 Å². The number of carbonyl (C=O) groups is 1. The summed E-state index contributed by atoms with van der Waals surface area (Å²) < 4.78 is 11.3. The van der Waals surface area contributed by atoms with E-state index in [1.807, 2.05) is 60.7 Å². The van der Waals surface area contributed by atoms with Crippen molar-refractivity contribution in [3.63, 3.8) is 0 Å². The summed E-state index contributed by atoms with van der Waals surface area (Å²) in [7, 11) is 1.29. The molecule has 1 saturated carbocycles. The summed E-state index contributed by atoms with van der Waals surface area (Å²) >= 11 is 0. The summed E-state index contributed by atoms with van der Waals surface area (Å²) in [6.45, 7) is 0.475. The van der Waals surface area contributed by atoms with Crippen molar-refractivity contribution in [2.24, 2.45) is 5.92 Å². The molecule has 0 amide bonds. The van der Waals surface area contributed by atoms with E-state index in [0.717, 1.165) is 17.5 Å². The van der Waals surface area contributed by atoms with Crippen molar-refractivity contribution in [2.45, 2.75) is 50.2 Å². The van der Waals surface area contributed by atoms with Crippen molar-refractivity contribution in [1.82, 2.24) is 0 Å². The molecule has 1 fully saturated rings. The van der Waals surface area contributed by atoms with Gasteiger partial charge >= 0.3 is 5.97 Å². The molecule has 0 radical (unpaired) electrons. The monoisotopic (exact) mass is 382 g/mol. The molecule has 0 unspecified atom stereocenters. The van der Waals surface area contributed by atoms with Gasteiger partial charge in [-0.15, -0.1) is 0 Å². The Morgan fingerprint density at radius 1 is 1.00 bits per heavy atom. The van der Waals surface area contributed by atoms with Gasteiger partial charge in [0, 0.05) is 6.61 Å². The van der Waals surface area contributed by atoms with E-state index in [2.05, 4.69) is 0 Å². The quantitative estimate of drug-likeness (QED) is 0.685. The third-order valence-corrected chi connectivity index (χ3v) is 5.80. The van der Waals surface area contributed by atoms with Gasteiger partial charge in [-0.3, -0.25) is 0 Å². The predicted octanol–water partition coefficient (Wildman–Crippen LogP) is 4.45. The number of ether oxygens (including phenoxy) is 2. The largest absolute Gasteiger partial charge is 0.467 e. The number of aliphatic hydroxyl groups excluding tert-OH is 1. The van der Waals surface area contributed by atoms with Gasteiger partial charge in [-0.2, -0.15) is 0 Å². The van der Waals surface area contributed by atoms with Crippen molar-refractivity contribution in [3.05, 3.63) is 71.8 Å². The molecule has 0 saturated heterocycles. The Labute approximate surface area is 167 Å². The molecule has 1 N–H and O–H groups in total.